The van der Waals surface area contributed by atoms with E-state index in [2.05, 4.69) is 4.98 Å². The molecule has 8 heteroatoms. The number of aromatic nitrogens is 2. The molecule has 0 amide bonds. The second-order valence-corrected chi connectivity index (χ2v) is 10.1. The normalized spacial score (nSPS) is 19.8. The zero-order chi connectivity index (χ0) is 21.5. The summed E-state index contributed by atoms with van der Waals surface area (Å²) < 4.78 is 32.8. The highest BCUT2D eigenvalue weighted by molar-refractivity contribution is 7.91. The summed E-state index contributed by atoms with van der Waals surface area (Å²) in [5, 5.41) is 10.5. The Hall–Kier alpha value is -2.58. The third-order valence-electron chi connectivity index (χ3n) is 5.81. The van der Waals surface area contributed by atoms with Crippen LogP contribution in [0.3, 0.4) is 0 Å². The van der Waals surface area contributed by atoms with E-state index >= 15 is 0 Å². The van der Waals surface area contributed by atoms with Crippen LogP contribution in [0.25, 0.3) is 22.0 Å². The Labute approximate surface area is 175 Å². The maximum absolute atomic E-state index is 12.5. The number of aliphatic hydroxyl groups is 1. The molecular weight excluding hydrogens is 404 g/mol. The van der Waals surface area contributed by atoms with E-state index in [0.717, 1.165) is 18.4 Å². The molecule has 1 aliphatic rings. The van der Waals surface area contributed by atoms with Crippen molar-refractivity contribution < 1.29 is 18.3 Å². The van der Waals surface area contributed by atoms with E-state index < -0.39 is 9.84 Å². The van der Waals surface area contributed by atoms with Gasteiger partial charge in [0, 0.05) is 36.0 Å². The number of aryl methyl sites for hydroxylation is 1. The van der Waals surface area contributed by atoms with Crippen LogP contribution in [0, 0.1) is 0 Å². The molecule has 2 N–H and O–H groups in total. The molecular formula is C22H26N2O5S. The fraction of sp³-hybridized carbons (Fsp3) is 0.409. The summed E-state index contributed by atoms with van der Waals surface area (Å²) in [6.07, 6.45) is 5.93. The molecule has 1 aromatic carbocycles. The van der Waals surface area contributed by atoms with Crippen molar-refractivity contribution in [3.8, 4) is 16.9 Å². The lowest BCUT2D eigenvalue weighted by Crippen LogP contribution is -2.26. The van der Waals surface area contributed by atoms with Gasteiger partial charge in [0.15, 0.2) is 9.84 Å². The van der Waals surface area contributed by atoms with Gasteiger partial charge in [-0.2, -0.15) is 0 Å². The Bertz CT molecular complexity index is 1230. The standard InChI is InChI=1S/C22H26N2O5S/c1-3-30(27,28)16-8-9-20(29-15-6-4-14(25)5-7-15)18(12-16)19-13-24(2)22(26)21-17(19)10-11-23-21/h8-15,23,25H,3-7H2,1-2H3/t14-,15+. The topological polar surface area (TPSA) is 101 Å². The van der Waals surface area contributed by atoms with Gasteiger partial charge in [-0.1, -0.05) is 6.92 Å². The molecule has 160 valence electrons. The van der Waals surface area contributed by atoms with Crippen molar-refractivity contribution in [3.05, 3.63) is 47.0 Å². The van der Waals surface area contributed by atoms with E-state index in [1.807, 2.05) is 6.07 Å². The molecule has 2 heterocycles. The smallest absolute Gasteiger partial charge is 0.274 e. The molecule has 0 saturated heterocycles. The van der Waals surface area contributed by atoms with Gasteiger partial charge >= 0.3 is 0 Å². The van der Waals surface area contributed by atoms with E-state index in [1.54, 1.807) is 44.6 Å². The van der Waals surface area contributed by atoms with Crippen LogP contribution < -0.4 is 10.3 Å². The molecule has 1 saturated carbocycles. The SMILES string of the molecule is CCS(=O)(=O)c1ccc(O[C@H]2CC[C@@H](O)CC2)c(-c2cn(C)c(=O)c3[nH]ccc23)c1. The van der Waals surface area contributed by atoms with Crippen molar-refractivity contribution in [1.29, 1.82) is 0 Å². The number of sulfone groups is 1. The molecule has 1 aliphatic carbocycles. The van der Waals surface area contributed by atoms with E-state index in [4.69, 9.17) is 4.74 Å². The average molecular weight is 431 g/mol. The molecule has 0 bridgehead atoms. The largest absolute Gasteiger partial charge is 0.490 e. The summed E-state index contributed by atoms with van der Waals surface area (Å²) in [7, 11) is -1.74. The number of hydrogen-bond donors (Lipinski definition) is 2. The molecule has 4 rings (SSSR count). The summed E-state index contributed by atoms with van der Waals surface area (Å²) in [5.74, 6) is 0.576. The van der Waals surface area contributed by atoms with Crippen LogP contribution in [0.2, 0.25) is 0 Å². The summed E-state index contributed by atoms with van der Waals surface area (Å²) in [5.41, 5.74) is 1.67. The summed E-state index contributed by atoms with van der Waals surface area (Å²) in [4.78, 5) is 15.7. The monoisotopic (exact) mass is 430 g/mol. The minimum atomic E-state index is -3.41. The lowest BCUT2D eigenvalue weighted by Gasteiger charge is -2.27. The van der Waals surface area contributed by atoms with Crippen LogP contribution >= 0.6 is 0 Å². The Morgan fingerprint density at radius 1 is 1.17 bits per heavy atom. The fourth-order valence-electron chi connectivity index (χ4n) is 4.01. The van der Waals surface area contributed by atoms with Crippen molar-refractivity contribution in [2.24, 2.45) is 7.05 Å². The van der Waals surface area contributed by atoms with Gasteiger partial charge in [-0.25, -0.2) is 8.42 Å². The predicted octanol–water partition coefficient (Wildman–Crippen LogP) is 3.01. The van der Waals surface area contributed by atoms with Gasteiger partial charge in [-0.3, -0.25) is 4.79 Å². The van der Waals surface area contributed by atoms with Crippen LogP contribution in [-0.2, 0) is 16.9 Å². The third kappa shape index (κ3) is 3.77. The number of aliphatic hydroxyl groups excluding tert-OH is 1. The lowest BCUT2D eigenvalue weighted by molar-refractivity contribution is 0.0668. The summed E-state index contributed by atoms with van der Waals surface area (Å²) >= 11 is 0. The quantitative estimate of drug-likeness (QED) is 0.648. The molecule has 1 fully saturated rings. The molecule has 0 radical (unpaired) electrons. The van der Waals surface area contributed by atoms with Crippen molar-refractivity contribution in [2.75, 3.05) is 5.75 Å². The van der Waals surface area contributed by atoms with E-state index in [0.29, 0.717) is 35.1 Å². The number of H-pyrrole nitrogens is 1. The van der Waals surface area contributed by atoms with Gasteiger partial charge in [-0.15, -0.1) is 0 Å². The molecule has 2 aromatic heterocycles. The first-order valence-electron chi connectivity index (χ1n) is 10.2. The minimum absolute atomic E-state index is 0.00000166. The first kappa shape index (κ1) is 20.7. The summed E-state index contributed by atoms with van der Waals surface area (Å²) in [6, 6.07) is 6.73. The van der Waals surface area contributed by atoms with E-state index in [1.165, 1.54) is 4.57 Å². The number of pyridine rings is 1. The van der Waals surface area contributed by atoms with Gasteiger partial charge < -0.3 is 19.4 Å². The number of nitrogens with one attached hydrogen (secondary N) is 1. The van der Waals surface area contributed by atoms with Crippen LogP contribution in [0.5, 0.6) is 5.75 Å². The van der Waals surface area contributed by atoms with Crippen molar-refractivity contribution in [1.82, 2.24) is 9.55 Å². The average Bonchev–Trinajstić information content (AvgIpc) is 3.23. The Morgan fingerprint density at radius 2 is 1.90 bits per heavy atom. The van der Waals surface area contributed by atoms with Crippen LogP contribution in [-0.4, -0.2) is 41.0 Å². The zero-order valence-electron chi connectivity index (χ0n) is 17.1. The molecule has 0 atom stereocenters. The maximum Gasteiger partial charge on any atom is 0.274 e. The van der Waals surface area contributed by atoms with Crippen molar-refractivity contribution >= 4 is 20.7 Å². The number of aromatic amines is 1. The predicted molar refractivity (Wildman–Crippen MR) is 116 cm³/mol. The number of fused-ring (bicyclic) bond motifs is 1. The van der Waals surface area contributed by atoms with Crippen LogP contribution in [0.1, 0.15) is 32.6 Å². The zero-order valence-corrected chi connectivity index (χ0v) is 17.9. The maximum atomic E-state index is 12.5. The molecule has 7 nitrogen and oxygen atoms in total. The molecule has 0 aliphatic heterocycles. The van der Waals surface area contributed by atoms with E-state index in [9.17, 15) is 18.3 Å². The molecule has 0 spiro atoms. The first-order valence-corrected chi connectivity index (χ1v) is 11.8. The van der Waals surface area contributed by atoms with Gasteiger partial charge in [-0.05, 0) is 49.9 Å². The van der Waals surface area contributed by atoms with Gasteiger partial charge in [0.2, 0.25) is 0 Å². The van der Waals surface area contributed by atoms with Gasteiger partial charge in [0.1, 0.15) is 11.3 Å². The second-order valence-electron chi connectivity index (χ2n) is 7.83. The Balaban J connectivity index is 1.88. The lowest BCUT2D eigenvalue weighted by atomic mass is 9.95. The fourth-order valence-corrected chi connectivity index (χ4v) is 4.91. The number of hydrogen-bond acceptors (Lipinski definition) is 5. The Kier molecular flexibility index (Phi) is 5.46. The van der Waals surface area contributed by atoms with Gasteiger partial charge in [0.05, 0.1) is 22.9 Å². The van der Waals surface area contributed by atoms with Crippen LogP contribution in [0.4, 0.5) is 0 Å². The molecule has 3 aromatic rings. The van der Waals surface area contributed by atoms with Crippen LogP contribution in [0.15, 0.2) is 46.3 Å². The minimum Gasteiger partial charge on any atom is -0.490 e. The highest BCUT2D eigenvalue weighted by atomic mass is 32.2. The second kappa shape index (κ2) is 7.92. The molecule has 0 unspecified atom stereocenters. The first-order chi connectivity index (χ1) is 14.3. The number of ether oxygens (including phenoxy) is 1. The number of nitrogens with zero attached hydrogens (tertiary/aromatic N) is 1. The number of benzene rings is 1. The molecule has 30 heavy (non-hydrogen) atoms. The number of rotatable bonds is 5. The van der Waals surface area contributed by atoms with Gasteiger partial charge in [0.25, 0.3) is 5.56 Å². The highest BCUT2D eigenvalue weighted by Crippen LogP contribution is 2.37. The highest BCUT2D eigenvalue weighted by Gasteiger charge is 2.24. The third-order valence-corrected chi connectivity index (χ3v) is 7.54. The Morgan fingerprint density at radius 3 is 2.60 bits per heavy atom. The van der Waals surface area contributed by atoms with Crippen molar-refractivity contribution in [2.45, 2.75) is 49.7 Å². The van der Waals surface area contributed by atoms with Crippen molar-refractivity contribution in [3.63, 3.8) is 0 Å². The van der Waals surface area contributed by atoms with E-state index in [-0.39, 0.29) is 28.4 Å². The summed E-state index contributed by atoms with van der Waals surface area (Å²) in [6.45, 7) is 1.61.